The smallest absolute Gasteiger partial charge is 0.189 e. The summed E-state index contributed by atoms with van der Waals surface area (Å²) in [6.45, 7) is 0. The van der Waals surface area contributed by atoms with Gasteiger partial charge in [0.1, 0.15) is 0 Å². The number of carbonyl (C=O) groups is 1. The molecule has 0 atom stereocenters. The average molecular weight is 376 g/mol. The van der Waals surface area contributed by atoms with Crippen LogP contribution >= 0.6 is 43.2 Å². The van der Waals surface area contributed by atoms with Crippen molar-refractivity contribution in [2.24, 2.45) is 7.05 Å². The van der Waals surface area contributed by atoms with Crippen LogP contribution in [0.2, 0.25) is 0 Å². The number of rotatable bonds is 3. The van der Waals surface area contributed by atoms with Crippen LogP contribution in [0.5, 0.6) is 0 Å². The number of allylic oxidation sites excluding steroid dienone is 1. The van der Waals surface area contributed by atoms with Gasteiger partial charge in [0.15, 0.2) is 5.78 Å². The number of aromatic nitrogens is 2. The molecule has 0 saturated carbocycles. The quantitative estimate of drug-likeness (QED) is 0.602. The number of halogens is 2. The molecule has 0 aliphatic heterocycles. The zero-order valence-corrected chi connectivity index (χ0v) is 12.8. The van der Waals surface area contributed by atoms with Crippen LogP contribution in [0.3, 0.4) is 0 Å². The molecule has 2 heterocycles. The van der Waals surface area contributed by atoms with Gasteiger partial charge in [0.2, 0.25) is 0 Å². The van der Waals surface area contributed by atoms with Crippen LogP contribution in [0.1, 0.15) is 15.2 Å². The van der Waals surface area contributed by atoms with E-state index in [0.29, 0.717) is 5.56 Å². The molecule has 2 aromatic heterocycles. The number of hydrogen-bond donors (Lipinski definition) is 0. The van der Waals surface area contributed by atoms with Gasteiger partial charge in [-0.2, -0.15) is 5.10 Å². The van der Waals surface area contributed by atoms with Crippen LogP contribution in [0.4, 0.5) is 0 Å². The van der Waals surface area contributed by atoms with Crippen LogP contribution in [0.25, 0.3) is 6.08 Å². The van der Waals surface area contributed by atoms with Crippen molar-refractivity contribution in [2.75, 3.05) is 0 Å². The van der Waals surface area contributed by atoms with Crippen molar-refractivity contribution in [3.05, 3.63) is 43.2 Å². The van der Waals surface area contributed by atoms with Gasteiger partial charge in [-0.25, -0.2) is 0 Å². The minimum Gasteiger partial charge on any atom is -0.289 e. The number of nitrogens with zero attached hydrogens (tertiary/aromatic N) is 2. The molecule has 0 fully saturated rings. The van der Waals surface area contributed by atoms with E-state index in [1.807, 2.05) is 6.07 Å². The molecule has 0 unspecified atom stereocenters. The van der Waals surface area contributed by atoms with Gasteiger partial charge in [-0.05, 0) is 50.1 Å². The molecule has 0 saturated heterocycles. The second-order valence-corrected chi connectivity index (χ2v) is 6.63. The molecule has 0 bridgehead atoms. The highest BCUT2D eigenvalue weighted by Crippen LogP contribution is 2.32. The second-order valence-electron chi connectivity index (χ2n) is 3.37. The number of aryl methyl sites for hydroxylation is 1. The van der Waals surface area contributed by atoms with E-state index in [0.717, 1.165) is 13.1 Å². The Morgan fingerprint density at radius 2 is 2.29 bits per heavy atom. The molecule has 0 aromatic carbocycles. The zero-order chi connectivity index (χ0) is 12.4. The predicted octanol–water partition coefficient (Wildman–Crippen LogP) is 3.90. The number of carbonyl (C=O) groups excluding carboxylic acids is 1. The summed E-state index contributed by atoms with van der Waals surface area (Å²) in [5, 5.41) is 3.96. The molecule has 2 aromatic rings. The Morgan fingerprint density at radius 3 is 2.82 bits per heavy atom. The second kappa shape index (κ2) is 5.29. The molecule has 0 radical (unpaired) electrons. The largest absolute Gasteiger partial charge is 0.289 e. The molecule has 6 heteroatoms. The molecule has 88 valence electrons. The topological polar surface area (TPSA) is 34.9 Å². The van der Waals surface area contributed by atoms with Crippen molar-refractivity contribution in [3.8, 4) is 0 Å². The minimum atomic E-state index is -0.0428. The maximum absolute atomic E-state index is 11.8. The summed E-state index contributed by atoms with van der Waals surface area (Å²) in [5.41, 5.74) is 0.596. The maximum Gasteiger partial charge on any atom is 0.189 e. The zero-order valence-electron chi connectivity index (χ0n) is 8.85. The fourth-order valence-electron chi connectivity index (χ4n) is 1.25. The van der Waals surface area contributed by atoms with E-state index in [9.17, 15) is 4.79 Å². The SMILES string of the molecule is Cn1cc(C(=O)/C=C/c2cc(Br)c(Br)s2)cn1. The highest BCUT2D eigenvalue weighted by molar-refractivity contribution is 9.13. The molecular formula is C11H8Br2N2OS. The first-order valence-corrected chi connectivity index (χ1v) is 7.12. The van der Waals surface area contributed by atoms with Gasteiger partial charge in [-0.1, -0.05) is 0 Å². The lowest BCUT2D eigenvalue weighted by atomic mass is 10.2. The lowest BCUT2D eigenvalue weighted by molar-refractivity contribution is 0.104. The molecule has 0 spiro atoms. The van der Waals surface area contributed by atoms with Crippen LogP contribution in [0.15, 0.2) is 32.8 Å². The van der Waals surface area contributed by atoms with E-state index < -0.39 is 0 Å². The van der Waals surface area contributed by atoms with Gasteiger partial charge < -0.3 is 0 Å². The number of ketones is 1. The third kappa shape index (κ3) is 3.14. The first-order valence-electron chi connectivity index (χ1n) is 4.72. The van der Waals surface area contributed by atoms with Crippen LogP contribution < -0.4 is 0 Å². The standard InChI is InChI=1S/C11H8Br2N2OS/c1-15-6-7(5-14-15)10(16)3-2-8-4-9(12)11(13)17-8/h2-6H,1H3/b3-2+. The highest BCUT2D eigenvalue weighted by Gasteiger charge is 2.05. The molecule has 0 aliphatic rings. The van der Waals surface area contributed by atoms with E-state index >= 15 is 0 Å². The van der Waals surface area contributed by atoms with Gasteiger partial charge >= 0.3 is 0 Å². The molecule has 0 aliphatic carbocycles. The molecule has 3 nitrogen and oxygen atoms in total. The monoisotopic (exact) mass is 374 g/mol. The van der Waals surface area contributed by atoms with E-state index in [4.69, 9.17) is 0 Å². The van der Waals surface area contributed by atoms with Crippen molar-refractivity contribution in [1.82, 2.24) is 9.78 Å². The Balaban J connectivity index is 2.13. The minimum absolute atomic E-state index is 0.0428. The van der Waals surface area contributed by atoms with E-state index in [-0.39, 0.29) is 5.78 Å². The fraction of sp³-hybridized carbons (Fsp3) is 0.0909. The van der Waals surface area contributed by atoms with Crippen LogP contribution in [-0.4, -0.2) is 15.6 Å². The Morgan fingerprint density at radius 1 is 1.53 bits per heavy atom. The summed E-state index contributed by atoms with van der Waals surface area (Å²) in [6, 6.07) is 1.96. The van der Waals surface area contributed by atoms with Gasteiger partial charge in [0.25, 0.3) is 0 Å². The molecule has 2 rings (SSSR count). The molecule has 0 amide bonds. The van der Waals surface area contributed by atoms with Gasteiger partial charge in [0.05, 0.1) is 15.5 Å². The number of hydrogen-bond acceptors (Lipinski definition) is 3. The third-order valence-electron chi connectivity index (χ3n) is 2.05. The van der Waals surface area contributed by atoms with E-state index in [1.165, 1.54) is 0 Å². The van der Waals surface area contributed by atoms with Gasteiger partial charge in [-0.15, -0.1) is 11.3 Å². The average Bonchev–Trinajstić information content (AvgIpc) is 2.83. The molecule has 0 N–H and O–H groups in total. The van der Waals surface area contributed by atoms with E-state index in [2.05, 4.69) is 37.0 Å². The maximum atomic E-state index is 11.8. The van der Waals surface area contributed by atoms with Crippen molar-refractivity contribution in [1.29, 1.82) is 0 Å². The summed E-state index contributed by atoms with van der Waals surface area (Å²) >= 11 is 8.38. The normalized spacial score (nSPS) is 11.2. The third-order valence-corrected chi connectivity index (χ3v) is 5.27. The van der Waals surface area contributed by atoms with E-state index in [1.54, 1.807) is 47.6 Å². The Kier molecular flexibility index (Phi) is 3.96. The van der Waals surface area contributed by atoms with Crippen LogP contribution in [-0.2, 0) is 7.05 Å². The molecular weight excluding hydrogens is 368 g/mol. The Bertz CT molecular complexity index is 567. The highest BCUT2D eigenvalue weighted by atomic mass is 79.9. The summed E-state index contributed by atoms with van der Waals surface area (Å²) in [5.74, 6) is -0.0428. The summed E-state index contributed by atoms with van der Waals surface area (Å²) in [4.78, 5) is 12.8. The molecule has 17 heavy (non-hydrogen) atoms. The van der Waals surface area contributed by atoms with Crippen molar-refractivity contribution in [2.45, 2.75) is 0 Å². The van der Waals surface area contributed by atoms with Gasteiger partial charge in [-0.3, -0.25) is 9.48 Å². The number of thiophene rings is 1. The van der Waals surface area contributed by atoms with Gasteiger partial charge in [0, 0.05) is 22.6 Å². The Labute approximate surface area is 119 Å². The first kappa shape index (κ1) is 12.7. The summed E-state index contributed by atoms with van der Waals surface area (Å²) in [7, 11) is 1.79. The van der Waals surface area contributed by atoms with Crippen LogP contribution in [0, 0.1) is 0 Å². The fourth-order valence-corrected chi connectivity index (χ4v) is 3.24. The predicted molar refractivity (Wildman–Crippen MR) is 76.3 cm³/mol. The lowest BCUT2D eigenvalue weighted by Crippen LogP contribution is -1.91. The van der Waals surface area contributed by atoms with Crippen molar-refractivity contribution < 1.29 is 4.79 Å². The summed E-state index contributed by atoms with van der Waals surface area (Å²) < 4.78 is 3.63. The van der Waals surface area contributed by atoms with Crippen molar-refractivity contribution in [3.63, 3.8) is 0 Å². The van der Waals surface area contributed by atoms with Crippen molar-refractivity contribution >= 4 is 55.1 Å². The summed E-state index contributed by atoms with van der Waals surface area (Å²) in [6.07, 6.45) is 6.62. The Hall–Kier alpha value is -0.720. The lowest BCUT2D eigenvalue weighted by Gasteiger charge is -1.87. The first-order chi connectivity index (χ1) is 8.06.